The lowest BCUT2D eigenvalue weighted by Crippen LogP contribution is -2.26. The first-order chi connectivity index (χ1) is 9.79. The van der Waals surface area contributed by atoms with E-state index in [9.17, 15) is 5.11 Å². The number of aliphatic hydroxyl groups is 1. The van der Waals surface area contributed by atoms with E-state index in [4.69, 9.17) is 11.6 Å². The van der Waals surface area contributed by atoms with Gasteiger partial charge in [-0.05, 0) is 37.3 Å². The summed E-state index contributed by atoms with van der Waals surface area (Å²) in [5.41, 5.74) is 0. The number of halogens is 1. The molecule has 20 heavy (non-hydrogen) atoms. The molecule has 2 aromatic rings. The third kappa shape index (κ3) is 2.86. The maximum atomic E-state index is 9.35. The molecule has 4 heteroatoms. The van der Waals surface area contributed by atoms with E-state index in [1.807, 2.05) is 6.07 Å². The summed E-state index contributed by atoms with van der Waals surface area (Å²) < 4.78 is 1.25. The lowest BCUT2D eigenvalue weighted by atomic mass is 9.97. The van der Waals surface area contributed by atoms with E-state index in [1.165, 1.54) is 28.8 Å². The molecule has 3 rings (SSSR count). The zero-order valence-electron chi connectivity index (χ0n) is 11.4. The molecule has 1 saturated carbocycles. The van der Waals surface area contributed by atoms with Crippen molar-refractivity contribution in [3.8, 4) is 0 Å². The number of thiophene rings is 1. The number of rotatable bonds is 5. The van der Waals surface area contributed by atoms with Crippen molar-refractivity contribution in [2.75, 3.05) is 13.2 Å². The zero-order chi connectivity index (χ0) is 13.9. The second-order valence-corrected chi connectivity index (χ2v) is 7.11. The summed E-state index contributed by atoms with van der Waals surface area (Å²) in [4.78, 5) is 1.21. The molecular formula is C16H20ClNOS. The average Bonchev–Trinajstić information content (AvgIpc) is 3.05. The quantitative estimate of drug-likeness (QED) is 0.873. The summed E-state index contributed by atoms with van der Waals surface area (Å²) in [6.07, 6.45) is 3.66. The molecule has 1 aliphatic rings. The fourth-order valence-electron chi connectivity index (χ4n) is 3.17. The fourth-order valence-corrected chi connectivity index (χ4v) is 4.64. The molecule has 108 valence electrons. The number of benzene rings is 1. The van der Waals surface area contributed by atoms with Crippen molar-refractivity contribution < 1.29 is 5.11 Å². The molecule has 0 radical (unpaired) electrons. The highest BCUT2D eigenvalue weighted by Gasteiger charge is 2.26. The first-order valence-electron chi connectivity index (χ1n) is 7.27. The van der Waals surface area contributed by atoms with E-state index in [-0.39, 0.29) is 0 Å². The molecule has 0 bridgehead atoms. The van der Waals surface area contributed by atoms with Gasteiger partial charge in [0.1, 0.15) is 0 Å². The Bertz CT molecular complexity index is 583. The Morgan fingerprint density at radius 1 is 1.25 bits per heavy atom. The predicted octanol–water partition coefficient (Wildman–Crippen LogP) is 4.05. The molecule has 1 heterocycles. The lowest BCUT2D eigenvalue weighted by Gasteiger charge is -2.17. The van der Waals surface area contributed by atoms with Gasteiger partial charge in [-0.15, -0.1) is 11.3 Å². The molecule has 1 aromatic heterocycles. The highest BCUT2D eigenvalue weighted by molar-refractivity contribution is 7.19. The van der Waals surface area contributed by atoms with Crippen molar-refractivity contribution in [1.82, 2.24) is 5.32 Å². The molecule has 2 N–H and O–H groups in total. The number of fused-ring (bicyclic) bond motifs is 1. The molecule has 0 aliphatic heterocycles. The van der Waals surface area contributed by atoms with Crippen LogP contribution in [-0.2, 0) is 6.54 Å². The highest BCUT2D eigenvalue weighted by atomic mass is 35.5. The number of hydrogen-bond acceptors (Lipinski definition) is 3. The van der Waals surface area contributed by atoms with E-state index >= 15 is 0 Å². The van der Waals surface area contributed by atoms with Crippen LogP contribution >= 0.6 is 22.9 Å². The van der Waals surface area contributed by atoms with Crippen LogP contribution < -0.4 is 5.32 Å². The van der Waals surface area contributed by atoms with Gasteiger partial charge in [0.2, 0.25) is 0 Å². The summed E-state index contributed by atoms with van der Waals surface area (Å²) in [6.45, 7) is 2.14. The second kappa shape index (κ2) is 6.44. The van der Waals surface area contributed by atoms with Crippen LogP contribution in [0.15, 0.2) is 24.3 Å². The third-order valence-electron chi connectivity index (χ3n) is 4.34. The van der Waals surface area contributed by atoms with E-state index < -0.39 is 0 Å². The predicted molar refractivity (Wildman–Crippen MR) is 86.5 cm³/mol. The topological polar surface area (TPSA) is 32.3 Å². The summed E-state index contributed by atoms with van der Waals surface area (Å²) in [5, 5.41) is 14.9. The molecule has 2 atom stereocenters. The van der Waals surface area contributed by atoms with Crippen molar-refractivity contribution in [2.45, 2.75) is 25.8 Å². The van der Waals surface area contributed by atoms with Crippen LogP contribution in [0, 0.1) is 11.8 Å². The Hall–Kier alpha value is -0.610. The molecule has 1 aromatic carbocycles. The number of aliphatic hydroxyl groups excluding tert-OH is 1. The molecular weight excluding hydrogens is 290 g/mol. The van der Waals surface area contributed by atoms with Crippen LogP contribution in [0.4, 0.5) is 0 Å². The molecule has 0 spiro atoms. The third-order valence-corrected chi connectivity index (χ3v) is 6.06. The minimum absolute atomic E-state index is 0.329. The highest BCUT2D eigenvalue weighted by Crippen LogP contribution is 2.35. The largest absolute Gasteiger partial charge is 0.396 e. The summed E-state index contributed by atoms with van der Waals surface area (Å²) in [7, 11) is 0. The standard InChI is InChI=1S/C16H20ClNOS/c17-16-13-6-1-2-7-14(13)20-15(16)9-18-8-11-4-3-5-12(11)10-19/h1-2,6-7,11-12,18-19H,3-5,8-10H2. The van der Waals surface area contributed by atoms with E-state index in [0.717, 1.165) is 23.5 Å². The molecule has 2 unspecified atom stereocenters. The minimum Gasteiger partial charge on any atom is -0.396 e. The molecule has 1 aliphatic carbocycles. The summed E-state index contributed by atoms with van der Waals surface area (Å²) in [6, 6.07) is 8.28. The molecule has 0 amide bonds. The number of nitrogens with one attached hydrogen (secondary N) is 1. The zero-order valence-corrected chi connectivity index (χ0v) is 13.0. The van der Waals surface area contributed by atoms with Crippen molar-refractivity contribution in [2.24, 2.45) is 11.8 Å². The maximum Gasteiger partial charge on any atom is 0.0636 e. The lowest BCUT2D eigenvalue weighted by molar-refractivity contribution is 0.192. The summed E-state index contributed by atoms with van der Waals surface area (Å²) in [5.74, 6) is 1.11. The summed E-state index contributed by atoms with van der Waals surface area (Å²) >= 11 is 8.21. The van der Waals surface area contributed by atoms with Gasteiger partial charge in [-0.25, -0.2) is 0 Å². The van der Waals surface area contributed by atoms with Crippen molar-refractivity contribution in [3.63, 3.8) is 0 Å². The molecule has 2 nitrogen and oxygen atoms in total. The van der Waals surface area contributed by atoms with E-state index in [2.05, 4.69) is 23.5 Å². The fraction of sp³-hybridized carbons (Fsp3) is 0.500. The van der Waals surface area contributed by atoms with Gasteiger partial charge < -0.3 is 10.4 Å². The Kier molecular flexibility index (Phi) is 4.61. The molecule has 1 fully saturated rings. The van der Waals surface area contributed by atoms with Crippen LogP contribution in [0.3, 0.4) is 0 Å². The SMILES string of the molecule is OCC1CCCC1CNCc1sc2ccccc2c1Cl. The van der Waals surface area contributed by atoms with Crippen LogP contribution in [0.2, 0.25) is 5.02 Å². The average molecular weight is 310 g/mol. The maximum absolute atomic E-state index is 9.35. The number of hydrogen-bond donors (Lipinski definition) is 2. The van der Waals surface area contributed by atoms with Crippen LogP contribution in [0.1, 0.15) is 24.1 Å². The Balaban J connectivity index is 1.61. The van der Waals surface area contributed by atoms with Crippen LogP contribution in [0.5, 0.6) is 0 Å². The monoisotopic (exact) mass is 309 g/mol. The normalized spacial score (nSPS) is 22.7. The Labute approximate surface area is 128 Å². The molecule has 0 saturated heterocycles. The van der Waals surface area contributed by atoms with E-state index in [1.54, 1.807) is 11.3 Å². The van der Waals surface area contributed by atoms with E-state index in [0.29, 0.717) is 18.4 Å². The van der Waals surface area contributed by atoms with Gasteiger partial charge in [0.05, 0.1) is 5.02 Å². The minimum atomic E-state index is 0.329. The van der Waals surface area contributed by atoms with Gasteiger partial charge >= 0.3 is 0 Å². The van der Waals surface area contributed by atoms with Crippen molar-refractivity contribution in [3.05, 3.63) is 34.2 Å². The van der Waals surface area contributed by atoms with Crippen molar-refractivity contribution in [1.29, 1.82) is 0 Å². The van der Waals surface area contributed by atoms with Gasteiger partial charge in [0.15, 0.2) is 0 Å². The van der Waals surface area contributed by atoms with Crippen LogP contribution in [-0.4, -0.2) is 18.3 Å². The Morgan fingerprint density at radius 2 is 2.05 bits per heavy atom. The first-order valence-corrected chi connectivity index (χ1v) is 8.46. The van der Waals surface area contributed by atoms with Crippen LogP contribution in [0.25, 0.3) is 10.1 Å². The second-order valence-electron chi connectivity index (χ2n) is 5.60. The van der Waals surface area contributed by atoms with Gasteiger partial charge in [-0.1, -0.05) is 36.2 Å². The van der Waals surface area contributed by atoms with Gasteiger partial charge in [-0.3, -0.25) is 0 Å². The smallest absolute Gasteiger partial charge is 0.0636 e. The van der Waals surface area contributed by atoms with Gasteiger partial charge in [0, 0.05) is 28.1 Å². The van der Waals surface area contributed by atoms with Gasteiger partial charge in [-0.2, -0.15) is 0 Å². The van der Waals surface area contributed by atoms with Crippen molar-refractivity contribution >= 4 is 33.0 Å². The van der Waals surface area contributed by atoms with Gasteiger partial charge in [0.25, 0.3) is 0 Å². The Morgan fingerprint density at radius 3 is 2.85 bits per heavy atom. The first kappa shape index (κ1) is 14.3.